The topological polar surface area (TPSA) is 29.9 Å². The van der Waals surface area contributed by atoms with Crippen molar-refractivity contribution in [3.63, 3.8) is 0 Å². The summed E-state index contributed by atoms with van der Waals surface area (Å²) in [5.41, 5.74) is 2.53. The first-order valence-electron chi connectivity index (χ1n) is 7.57. The van der Waals surface area contributed by atoms with E-state index in [0.717, 1.165) is 30.7 Å². The van der Waals surface area contributed by atoms with Gasteiger partial charge in [-0.2, -0.15) is 0 Å². The number of nitrogens with one attached hydrogen (secondary N) is 1. The summed E-state index contributed by atoms with van der Waals surface area (Å²) in [6, 6.07) is 8.79. The van der Waals surface area contributed by atoms with E-state index in [0.29, 0.717) is 6.04 Å². The van der Waals surface area contributed by atoms with Crippen LogP contribution in [0.1, 0.15) is 39.9 Å². The molecule has 0 spiro atoms. The Morgan fingerprint density at radius 1 is 1.25 bits per heavy atom. The summed E-state index contributed by atoms with van der Waals surface area (Å²) in [5, 5.41) is 3.68. The van der Waals surface area contributed by atoms with E-state index in [1.54, 1.807) is 0 Å². The van der Waals surface area contributed by atoms with Crippen molar-refractivity contribution in [1.29, 1.82) is 0 Å². The second-order valence-electron chi connectivity index (χ2n) is 6.65. The monoisotopic (exact) mass is 273 g/mol. The predicted octanol–water partition coefficient (Wildman–Crippen LogP) is 3.53. The van der Waals surface area contributed by atoms with E-state index in [9.17, 15) is 0 Å². The number of para-hydroxylation sites is 2. The second-order valence-corrected chi connectivity index (χ2v) is 6.65. The maximum absolute atomic E-state index is 4.80. The minimum atomic E-state index is 0.229. The summed E-state index contributed by atoms with van der Waals surface area (Å²) in [5.74, 6) is 1.16. The molecule has 1 heterocycles. The lowest BCUT2D eigenvalue weighted by Crippen LogP contribution is -2.42. The lowest BCUT2D eigenvalue weighted by molar-refractivity contribution is 0.262. The normalized spacial score (nSPS) is 13.8. The number of benzene rings is 1. The molecular weight excluding hydrogens is 246 g/mol. The third-order valence-electron chi connectivity index (χ3n) is 3.95. The van der Waals surface area contributed by atoms with E-state index in [4.69, 9.17) is 4.98 Å². The summed E-state index contributed by atoms with van der Waals surface area (Å²) < 4.78 is 2.22. The Labute approximate surface area is 122 Å². The van der Waals surface area contributed by atoms with Gasteiger partial charge in [0.2, 0.25) is 0 Å². The number of aryl methyl sites for hydroxylation is 1. The van der Waals surface area contributed by atoms with Gasteiger partial charge in [0.15, 0.2) is 0 Å². The van der Waals surface area contributed by atoms with Crippen molar-refractivity contribution in [2.45, 2.75) is 46.6 Å². The average Bonchev–Trinajstić information content (AvgIpc) is 2.70. The zero-order valence-corrected chi connectivity index (χ0v) is 13.4. The highest BCUT2D eigenvalue weighted by Gasteiger charge is 2.25. The Morgan fingerprint density at radius 3 is 2.55 bits per heavy atom. The van der Waals surface area contributed by atoms with Crippen molar-refractivity contribution in [2.75, 3.05) is 6.54 Å². The van der Waals surface area contributed by atoms with Crippen LogP contribution < -0.4 is 5.32 Å². The Hall–Kier alpha value is -1.35. The second kappa shape index (κ2) is 5.96. The van der Waals surface area contributed by atoms with Gasteiger partial charge in [0.1, 0.15) is 5.82 Å². The number of nitrogens with zero attached hydrogens (tertiary/aromatic N) is 2. The van der Waals surface area contributed by atoms with E-state index >= 15 is 0 Å². The third kappa shape index (κ3) is 3.21. The van der Waals surface area contributed by atoms with Crippen LogP contribution in [-0.2, 0) is 13.5 Å². The van der Waals surface area contributed by atoms with Gasteiger partial charge in [-0.05, 0) is 30.5 Å². The first-order chi connectivity index (χ1) is 9.43. The molecule has 2 aromatic rings. The van der Waals surface area contributed by atoms with Gasteiger partial charge >= 0.3 is 0 Å². The molecule has 0 saturated heterocycles. The van der Waals surface area contributed by atoms with Gasteiger partial charge in [0.25, 0.3) is 0 Å². The molecular formula is C17H27N3. The summed E-state index contributed by atoms with van der Waals surface area (Å²) in [4.78, 5) is 4.80. The Bertz CT molecular complexity index is 563. The van der Waals surface area contributed by atoms with Crippen LogP contribution in [0.5, 0.6) is 0 Å². The van der Waals surface area contributed by atoms with E-state index < -0.39 is 0 Å². The fourth-order valence-corrected chi connectivity index (χ4v) is 2.56. The van der Waals surface area contributed by atoms with Crippen LogP contribution in [0.3, 0.4) is 0 Å². The van der Waals surface area contributed by atoms with Crippen LogP contribution in [0, 0.1) is 5.41 Å². The standard InChI is InChI=1S/C17H27N3/c1-6-11-18-15(17(2,3)4)12-16-19-13-9-7-8-10-14(13)20(16)5/h7-10,15,18H,6,11-12H2,1-5H3. The third-order valence-corrected chi connectivity index (χ3v) is 3.95. The number of rotatable bonds is 5. The lowest BCUT2D eigenvalue weighted by atomic mass is 9.84. The van der Waals surface area contributed by atoms with Crippen LogP contribution in [0.4, 0.5) is 0 Å². The van der Waals surface area contributed by atoms with Gasteiger partial charge in [-0.15, -0.1) is 0 Å². The number of aromatic nitrogens is 2. The van der Waals surface area contributed by atoms with Gasteiger partial charge in [-0.1, -0.05) is 39.8 Å². The molecule has 3 heteroatoms. The fourth-order valence-electron chi connectivity index (χ4n) is 2.56. The minimum Gasteiger partial charge on any atom is -0.331 e. The zero-order valence-electron chi connectivity index (χ0n) is 13.4. The SMILES string of the molecule is CCCNC(Cc1nc2ccccc2n1C)C(C)(C)C. The van der Waals surface area contributed by atoms with Crippen molar-refractivity contribution in [3.8, 4) is 0 Å². The van der Waals surface area contributed by atoms with Crippen molar-refractivity contribution in [2.24, 2.45) is 12.5 Å². The molecule has 1 aromatic heterocycles. The lowest BCUT2D eigenvalue weighted by Gasteiger charge is -2.31. The quantitative estimate of drug-likeness (QED) is 0.903. The fraction of sp³-hybridized carbons (Fsp3) is 0.588. The number of fused-ring (bicyclic) bond motifs is 1. The van der Waals surface area contributed by atoms with E-state index in [1.165, 1.54) is 5.52 Å². The Morgan fingerprint density at radius 2 is 1.95 bits per heavy atom. The van der Waals surface area contributed by atoms with Crippen LogP contribution in [0.15, 0.2) is 24.3 Å². The highest BCUT2D eigenvalue weighted by atomic mass is 15.1. The maximum atomic E-state index is 4.80. The molecule has 1 aromatic carbocycles. The molecule has 3 nitrogen and oxygen atoms in total. The zero-order chi connectivity index (χ0) is 14.8. The van der Waals surface area contributed by atoms with Crippen LogP contribution in [-0.4, -0.2) is 22.1 Å². The van der Waals surface area contributed by atoms with Crippen LogP contribution >= 0.6 is 0 Å². The molecule has 0 aliphatic heterocycles. The molecule has 0 amide bonds. The summed E-state index contributed by atoms with van der Waals surface area (Å²) in [6.07, 6.45) is 2.13. The molecule has 110 valence electrons. The highest BCUT2D eigenvalue weighted by molar-refractivity contribution is 5.75. The summed E-state index contributed by atoms with van der Waals surface area (Å²) in [6.45, 7) is 10.2. The molecule has 1 unspecified atom stereocenters. The summed E-state index contributed by atoms with van der Waals surface area (Å²) >= 11 is 0. The number of hydrogen-bond acceptors (Lipinski definition) is 2. The highest BCUT2D eigenvalue weighted by Crippen LogP contribution is 2.24. The molecule has 0 bridgehead atoms. The number of imidazole rings is 1. The van der Waals surface area contributed by atoms with Crippen molar-refractivity contribution in [3.05, 3.63) is 30.1 Å². The van der Waals surface area contributed by atoms with E-state index in [2.05, 4.69) is 68.9 Å². The van der Waals surface area contributed by atoms with Gasteiger partial charge in [0.05, 0.1) is 11.0 Å². The molecule has 20 heavy (non-hydrogen) atoms. The van der Waals surface area contributed by atoms with Crippen LogP contribution in [0.25, 0.3) is 11.0 Å². The molecule has 1 N–H and O–H groups in total. The number of hydrogen-bond donors (Lipinski definition) is 1. The van der Waals surface area contributed by atoms with Gasteiger partial charge in [-0.25, -0.2) is 4.98 Å². The Balaban J connectivity index is 2.26. The van der Waals surface area contributed by atoms with Crippen LogP contribution in [0.2, 0.25) is 0 Å². The first-order valence-corrected chi connectivity index (χ1v) is 7.57. The minimum absolute atomic E-state index is 0.229. The Kier molecular flexibility index (Phi) is 4.48. The molecule has 0 saturated carbocycles. The smallest absolute Gasteiger partial charge is 0.111 e. The first kappa shape index (κ1) is 15.0. The van der Waals surface area contributed by atoms with Gasteiger partial charge in [-0.3, -0.25) is 0 Å². The molecule has 2 rings (SSSR count). The van der Waals surface area contributed by atoms with Gasteiger partial charge < -0.3 is 9.88 Å². The average molecular weight is 273 g/mol. The molecule has 1 atom stereocenters. The van der Waals surface area contributed by atoms with Crippen molar-refractivity contribution in [1.82, 2.24) is 14.9 Å². The molecule has 0 aliphatic carbocycles. The largest absolute Gasteiger partial charge is 0.331 e. The summed E-state index contributed by atoms with van der Waals surface area (Å²) in [7, 11) is 2.12. The molecule has 0 radical (unpaired) electrons. The van der Waals surface area contributed by atoms with Crippen molar-refractivity contribution < 1.29 is 0 Å². The van der Waals surface area contributed by atoms with E-state index in [-0.39, 0.29) is 5.41 Å². The maximum Gasteiger partial charge on any atom is 0.111 e. The molecule has 0 fully saturated rings. The van der Waals surface area contributed by atoms with Gasteiger partial charge in [0, 0.05) is 19.5 Å². The predicted molar refractivity (Wildman–Crippen MR) is 86.0 cm³/mol. The van der Waals surface area contributed by atoms with E-state index in [1.807, 2.05) is 0 Å². The molecule has 0 aliphatic rings. The van der Waals surface area contributed by atoms with Crippen molar-refractivity contribution >= 4 is 11.0 Å².